The van der Waals surface area contributed by atoms with Gasteiger partial charge < -0.3 is 11.1 Å². The highest BCUT2D eigenvalue weighted by Crippen LogP contribution is 2.11. The first-order valence-corrected chi connectivity index (χ1v) is 5.48. The average molecular weight is 304 g/mol. The minimum atomic E-state index is -0.0621. The van der Waals surface area contributed by atoms with Crippen LogP contribution in [0.2, 0.25) is 0 Å². The van der Waals surface area contributed by atoms with E-state index in [2.05, 4.69) is 27.9 Å². The van der Waals surface area contributed by atoms with Crippen molar-refractivity contribution in [3.8, 4) is 0 Å². The number of hydrogen-bond donors (Lipinski definition) is 2. The molecule has 0 bridgehead atoms. The van der Waals surface area contributed by atoms with E-state index in [4.69, 9.17) is 5.73 Å². The number of nitrogens with one attached hydrogen (secondary N) is 1. The van der Waals surface area contributed by atoms with Gasteiger partial charge in [0.25, 0.3) is 5.91 Å². The lowest BCUT2D eigenvalue weighted by Gasteiger charge is -2.11. The molecule has 1 amide bonds. The molecule has 0 heterocycles. The molecule has 0 radical (unpaired) electrons. The summed E-state index contributed by atoms with van der Waals surface area (Å²) in [6.45, 7) is 2.34. The predicted octanol–water partition coefficient (Wildman–Crippen LogP) is 1.37. The van der Waals surface area contributed by atoms with E-state index in [1.54, 1.807) is 6.07 Å². The standard InChI is InChI=1S/C10H13IN2O/c1-7(6-12)13-10(14)8-4-2-3-5-9(8)11/h2-5,7H,6,12H2,1H3,(H,13,14)/t7-/m0/s1. The molecule has 4 heteroatoms. The van der Waals surface area contributed by atoms with Crippen LogP contribution in [0.25, 0.3) is 0 Å². The van der Waals surface area contributed by atoms with Gasteiger partial charge in [-0.15, -0.1) is 0 Å². The van der Waals surface area contributed by atoms with Crippen LogP contribution in [0.4, 0.5) is 0 Å². The maximum atomic E-state index is 11.7. The fraction of sp³-hybridized carbons (Fsp3) is 0.300. The number of benzene rings is 1. The lowest BCUT2D eigenvalue weighted by molar-refractivity contribution is 0.0940. The number of rotatable bonds is 3. The van der Waals surface area contributed by atoms with Gasteiger partial charge in [0.15, 0.2) is 0 Å². The van der Waals surface area contributed by atoms with Crippen molar-refractivity contribution in [1.29, 1.82) is 0 Å². The van der Waals surface area contributed by atoms with Crippen molar-refractivity contribution in [2.45, 2.75) is 13.0 Å². The third-order valence-corrected chi connectivity index (χ3v) is 2.79. The minimum absolute atomic E-state index is 0.0125. The second-order valence-electron chi connectivity index (χ2n) is 3.09. The molecule has 76 valence electrons. The summed E-state index contributed by atoms with van der Waals surface area (Å²) in [4.78, 5) is 11.7. The molecular formula is C10H13IN2O. The minimum Gasteiger partial charge on any atom is -0.348 e. The third kappa shape index (κ3) is 2.95. The van der Waals surface area contributed by atoms with Gasteiger partial charge >= 0.3 is 0 Å². The van der Waals surface area contributed by atoms with E-state index in [1.807, 2.05) is 25.1 Å². The molecule has 1 rings (SSSR count). The Hall–Kier alpha value is -0.620. The highest BCUT2D eigenvalue weighted by atomic mass is 127. The summed E-state index contributed by atoms with van der Waals surface area (Å²) in [6, 6.07) is 7.48. The summed E-state index contributed by atoms with van der Waals surface area (Å²) in [5.41, 5.74) is 6.12. The van der Waals surface area contributed by atoms with Crippen LogP contribution in [0.5, 0.6) is 0 Å². The van der Waals surface area contributed by atoms with Gasteiger partial charge in [-0.1, -0.05) is 12.1 Å². The molecule has 0 unspecified atom stereocenters. The largest absolute Gasteiger partial charge is 0.348 e. The molecule has 0 fully saturated rings. The quantitative estimate of drug-likeness (QED) is 0.829. The van der Waals surface area contributed by atoms with Crippen LogP contribution in [0, 0.1) is 3.57 Å². The summed E-state index contributed by atoms with van der Waals surface area (Å²) in [5, 5.41) is 2.82. The number of nitrogens with two attached hydrogens (primary N) is 1. The first-order valence-electron chi connectivity index (χ1n) is 4.40. The van der Waals surface area contributed by atoms with Gasteiger partial charge in [0.2, 0.25) is 0 Å². The molecule has 14 heavy (non-hydrogen) atoms. The maximum absolute atomic E-state index is 11.7. The molecule has 3 nitrogen and oxygen atoms in total. The second kappa shape index (κ2) is 5.31. The fourth-order valence-corrected chi connectivity index (χ4v) is 1.64. The monoisotopic (exact) mass is 304 g/mol. The van der Waals surface area contributed by atoms with Crippen LogP contribution in [-0.4, -0.2) is 18.5 Å². The zero-order chi connectivity index (χ0) is 10.6. The van der Waals surface area contributed by atoms with E-state index < -0.39 is 0 Å². The van der Waals surface area contributed by atoms with E-state index in [0.717, 1.165) is 3.57 Å². The lowest BCUT2D eigenvalue weighted by Crippen LogP contribution is -2.38. The Bertz CT molecular complexity index is 328. The molecule has 0 spiro atoms. The van der Waals surface area contributed by atoms with Gasteiger partial charge in [-0.25, -0.2) is 0 Å². The number of carbonyl (C=O) groups is 1. The van der Waals surface area contributed by atoms with E-state index in [-0.39, 0.29) is 11.9 Å². The van der Waals surface area contributed by atoms with Crippen molar-refractivity contribution >= 4 is 28.5 Å². The van der Waals surface area contributed by atoms with Crippen LogP contribution >= 0.6 is 22.6 Å². The second-order valence-corrected chi connectivity index (χ2v) is 4.25. The Morgan fingerprint density at radius 2 is 2.21 bits per heavy atom. The molecule has 3 N–H and O–H groups in total. The average Bonchev–Trinajstić information content (AvgIpc) is 2.18. The zero-order valence-electron chi connectivity index (χ0n) is 7.96. The van der Waals surface area contributed by atoms with Crippen molar-refractivity contribution in [2.24, 2.45) is 5.73 Å². The van der Waals surface area contributed by atoms with E-state index in [0.29, 0.717) is 12.1 Å². The smallest absolute Gasteiger partial charge is 0.252 e. The topological polar surface area (TPSA) is 55.1 Å². The van der Waals surface area contributed by atoms with Gasteiger partial charge in [0, 0.05) is 16.2 Å². The van der Waals surface area contributed by atoms with Crippen molar-refractivity contribution in [1.82, 2.24) is 5.32 Å². The van der Waals surface area contributed by atoms with Crippen molar-refractivity contribution in [3.63, 3.8) is 0 Å². The first kappa shape index (κ1) is 11.5. The van der Waals surface area contributed by atoms with Gasteiger partial charge in [0.1, 0.15) is 0 Å². The molecule has 0 aliphatic rings. The van der Waals surface area contributed by atoms with Crippen molar-refractivity contribution in [3.05, 3.63) is 33.4 Å². The molecule has 1 aromatic carbocycles. The fourth-order valence-electron chi connectivity index (χ4n) is 1.01. The van der Waals surface area contributed by atoms with Gasteiger partial charge in [-0.05, 0) is 41.6 Å². The van der Waals surface area contributed by atoms with Gasteiger partial charge in [-0.2, -0.15) is 0 Å². The van der Waals surface area contributed by atoms with E-state index in [1.165, 1.54) is 0 Å². The molecule has 1 aromatic rings. The molecule has 0 aliphatic heterocycles. The van der Waals surface area contributed by atoms with E-state index >= 15 is 0 Å². The Morgan fingerprint density at radius 1 is 1.57 bits per heavy atom. The van der Waals surface area contributed by atoms with Gasteiger partial charge in [-0.3, -0.25) is 4.79 Å². The Balaban J connectivity index is 2.75. The molecule has 0 aromatic heterocycles. The van der Waals surface area contributed by atoms with Crippen LogP contribution in [0.1, 0.15) is 17.3 Å². The molecular weight excluding hydrogens is 291 g/mol. The lowest BCUT2D eigenvalue weighted by atomic mass is 10.2. The Labute approximate surface area is 97.2 Å². The Kier molecular flexibility index (Phi) is 4.34. The van der Waals surface area contributed by atoms with E-state index in [9.17, 15) is 4.79 Å². The summed E-state index contributed by atoms with van der Waals surface area (Å²) >= 11 is 2.14. The maximum Gasteiger partial charge on any atom is 0.252 e. The van der Waals surface area contributed by atoms with Crippen LogP contribution in [-0.2, 0) is 0 Å². The number of amides is 1. The summed E-state index contributed by atoms with van der Waals surface area (Å²) < 4.78 is 0.951. The van der Waals surface area contributed by atoms with Crippen LogP contribution in [0.3, 0.4) is 0 Å². The zero-order valence-corrected chi connectivity index (χ0v) is 10.1. The van der Waals surface area contributed by atoms with Crippen molar-refractivity contribution in [2.75, 3.05) is 6.54 Å². The molecule has 0 saturated carbocycles. The predicted molar refractivity (Wildman–Crippen MR) is 65.1 cm³/mol. The SMILES string of the molecule is C[C@@H](CN)NC(=O)c1ccccc1I. The number of halogens is 1. The molecule has 1 atom stereocenters. The van der Waals surface area contributed by atoms with Crippen LogP contribution < -0.4 is 11.1 Å². The number of carbonyl (C=O) groups excluding carboxylic acids is 1. The summed E-state index contributed by atoms with van der Waals surface area (Å²) in [7, 11) is 0. The molecule has 0 saturated heterocycles. The highest BCUT2D eigenvalue weighted by Gasteiger charge is 2.10. The van der Waals surface area contributed by atoms with Crippen LogP contribution in [0.15, 0.2) is 24.3 Å². The van der Waals surface area contributed by atoms with Gasteiger partial charge in [0.05, 0.1) is 5.56 Å². The third-order valence-electron chi connectivity index (χ3n) is 1.85. The normalized spacial score (nSPS) is 12.2. The van der Waals surface area contributed by atoms with Crippen molar-refractivity contribution < 1.29 is 4.79 Å². The summed E-state index contributed by atoms with van der Waals surface area (Å²) in [6.07, 6.45) is 0. The Morgan fingerprint density at radius 3 is 2.79 bits per heavy atom. The highest BCUT2D eigenvalue weighted by molar-refractivity contribution is 14.1. The first-order chi connectivity index (χ1) is 6.65. The number of hydrogen-bond acceptors (Lipinski definition) is 2. The summed E-state index contributed by atoms with van der Waals surface area (Å²) in [5.74, 6) is -0.0621. The molecule has 0 aliphatic carbocycles.